The molecule has 33 heavy (non-hydrogen) atoms. The van der Waals surface area contributed by atoms with Crippen molar-refractivity contribution >= 4 is 27.6 Å². The first kappa shape index (κ1) is 21.9. The van der Waals surface area contributed by atoms with Gasteiger partial charge in [-0.15, -0.1) is 0 Å². The summed E-state index contributed by atoms with van der Waals surface area (Å²) in [6.45, 7) is 0. The van der Waals surface area contributed by atoms with Gasteiger partial charge >= 0.3 is 11.9 Å². The van der Waals surface area contributed by atoms with Crippen molar-refractivity contribution in [1.82, 2.24) is 0 Å². The van der Waals surface area contributed by atoms with E-state index in [4.69, 9.17) is 4.74 Å². The van der Waals surface area contributed by atoms with Gasteiger partial charge in [0.05, 0.1) is 34.9 Å². The molecule has 2 fully saturated rings. The Morgan fingerprint density at radius 2 is 1.76 bits per heavy atom. The summed E-state index contributed by atoms with van der Waals surface area (Å²) in [5, 5.41) is 9.62. The zero-order valence-corrected chi connectivity index (χ0v) is 19.3. The number of sulfonamides is 1. The Morgan fingerprint density at radius 1 is 1.03 bits per heavy atom. The van der Waals surface area contributed by atoms with Crippen molar-refractivity contribution in [2.24, 2.45) is 5.92 Å². The van der Waals surface area contributed by atoms with Crippen LogP contribution in [0.5, 0.6) is 0 Å². The molecule has 0 radical (unpaired) electrons. The monoisotopic (exact) mass is 469 g/mol. The zero-order valence-electron chi connectivity index (χ0n) is 18.5. The van der Waals surface area contributed by atoms with Gasteiger partial charge in [-0.05, 0) is 73.6 Å². The highest BCUT2D eigenvalue weighted by Crippen LogP contribution is 2.60. The third kappa shape index (κ3) is 3.42. The van der Waals surface area contributed by atoms with Crippen LogP contribution in [0, 0.1) is 5.92 Å². The topological polar surface area (TPSA) is 101 Å². The Labute approximate surface area is 193 Å². The van der Waals surface area contributed by atoms with Crippen LogP contribution in [0.1, 0.15) is 71.2 Å². The number of aromatic carboxylic acids is 1. The van der Waals surface area contributed by atoms with Gasteiger partial charge in [0.2, 0.25) is 0 Å². The maximum Gasteiger partial charge on any atom is 0.337 e. The molecule has 1 unspecified atom stereocenters. The molecule has 0 amide bonds. The average Bonchev–Trinajstić information content (AvgIpc) is 3.63. The van der Waals surface area contributed by atoms with Crippen LogP contribution in [0.25, 0.3) is 0 Å². The van der Waals surface area contributed by atoms with Crippen LogP contribution < -0.4 is 4.31 Å². The number of carbonyl (C=O) groups is 2. The van der Waals surface area contributed by atoms with Crippen molar-refractivity contribution < 1.29 is 27.9 Å². The van der Waals surface area contributed by atoms with Gasteiger partial charge in [-0.1, -0.05) is 25.3 Å². The predicted octanol–water partition coefficient (Wildman–Crippen LogP) is 4.36. The van der Waals surface area contributed by atoms with E-state index in [-0.39, 0.29) is 33.4 Å². The van der Waals surface area contributed by atoms with E-state index in [2.05, 4.69) is 0 Å². The second-order valence-electron chi connectivity index (χ2n) is 9.36. The van der Waals surface area contributed by atoms with E-state index in [1.165, 1.54) is 31.4 Å². The number of carbonyl (C=O) groups excluding carboxylic acids is 1. The normalized spacial score (nSPS) is 21.6. The van der Waals surface area contributed by atoms with Crippen LogP contribution in [0.4, 0.5) is 5.69 Å². The number of fused-ring (bicyclic) bond motifs is 2. The summed E-state index contributed by atoms with van der Waals surface area (Å²) < 4.78 is 34.5. The van der Waals surface area contributed by atoms with Crippen LogP contribution in [0.15, 0.2) is 47.4 Å². The molecule has 1 heterocycles. The van der Waals surface area contributed by atoms with Gasteiger partial charge in [-0.2, -0.15) is 0 Å². The summed E-state index contributed by atoms with van der Waals surface area (Å²) in [5.41, 5.74) is 1.39. The first-order chi connectivity index (χ1) is 15.8. The van der Waals surface area contributed by atoms with Crippen molar-refractivity contribution in [2.45, 2.75) is 61.3 Å². The third-order valence-electron chi connectivity index (χ3n) is 7.46. The number of benzene rings is 2. The molecular weight excluding hydrogens is 442 g/mol. The van der Waals surface area contributed by atoms with Crippen molar-refractivity contribution in [3.63, 3.8) is 0 Å². The molecule has 1 N–H and O–H groups in total. The molecule has 8 heteroatoms. The minimum absolute atomic E-state index is 0.0390. The quantitative estimate of drug-likeness (QED) is 0.653. The van der Waals surface area contributed by atoms with E-state index in [0.29, 0.717) is 5.69 Å². The number of carboxylic acid groups (broad SMARTS) is 1. The third-order valence-corrected chi connectivity index (χ3v) is 9.25. The zero-order chi connectivity index (χ0) is 23.4. The number of hydrogen-bond donors (Lipinski definition) is 1. The molecule has 0 bridgehead atoms. The van der Waals surface area contributed by atoms with Crippen molar-refractivity contribution in [2.75, 3.05) is 11.4 Å². The second kappa shape index (κ2) is 7.87. The second-order valence-corrected chi connectivity index (χ2v) is 11.2. The smallest absolute Gasteiger partial charge is 0.337 e. The minimum atomic E-state index is -4.00. The van der Waals surface area contributed by atoms with Crippen LogP contribution >= 0.6 is 0 Å². The van der Waals surface area contributed by atoms with Crippen LogP contribution in [-0.4, -0.2) is 38.6 Å². The van der Waals surface area contributed by atoms with E-state index in [1.807, 2.05) is 0 Å². The van der Waals surface area contributed by atoms with E-state index in [9.17, 15) is 23.1 Å². The molecule has 1 aliphatic heterocycles. The van der Waals surface area contributed by atoms with Crippen LogP contribution in [0.3, 0.4) is 0 Å². The summed E-state index contributed by atoms with van der Waals surface area (Å²) in [6, 6.07) is 10.5. The van der Waals surface area contributed by atoms with Gasteiger partial charge in [-0.25, -0.2) is 18.0 Å². The molecule has 3 aliphatic rings. The highest BCUT2D eigenvalue weighted by atomic mass is 32.2. The summed E-state index contributed by atoms with van der Waals surface area (Å²) in [5.74, 6) is -1.37. The first-order valence-corrected chi connectivity index (χ1v) is 12.8. The number of carboxylic acids is 1. The molecule has 0 aromatic heterocycles. The SMILES string of the molecule is COC(=O)c1cccc(S(=O)(=O)N2c3ccc(C(=O)O)cc3C3(CCCCC3)C2C2CC2)c1. The Balaban J connectivity index is 1.70. The molecule has 0 saturated heterocycles. The van der Waals surface area contributed by atoms with Crippen molar-refractivity contribution in [1.29, 1.82) is 0 Å². The predicted molar refractivity (Wildman–Crippen MR) is 122 cm³/mol. The molecular formula is C25H27NO6S. The maximum absolute atomic E-state index is 14.1. The van der Waals surface area contributed by atoms with Crippen molar-refractivity contribution in [3.8, 4) is 0 Å². The number of nitrogens with zero attached hydrogens (tertiary/aromatic N) is 1. The highest BCUT2D eigenvalue weighted by Gasteiger charge is 2.59. The lowest BCUT2D eigenvalue weighted by Crippen LogP contribution is -2.49. The fourth-order valence-electron chi connectivity index (χ4n) is 5.89. The lowest BCUT2D eigenvalue weighted by Gasteiger charge is -2.42. The average molecular weight is 470 g/mol. The Kier molecular flexibility index (Phi) is 5.23. The van der Waals surface area contributed by atoms with Crippen molar-refractivity contribution in [3.05, 3.63) is 59.2 Å². The Bertz CT molecular complexity index is 1230. The van der Waals surface area contributed by atoms with Gasteiger partial charge in [0, 0.05) is 5.41 Å². The molecule has 1 atom stereocenters. The maximum atomic E-state index is 14.1. The number of ether oxygens (including phenoxy) is 1. The molecule has 174 valence electrons. The Morgan fingerprint density at radius 3 is 2.39 bits per heavy atom. The van der Waals surface area contributed by atoms with Crippen LogP contribution in [0.2, 0.25) is 0 Å². The van der Waals surface area contributed by atoms with Gasteiger partial charge in [0.25, 0.3) is 10.0 Å². The summed E-state index contributed by atoms with van der Waals surface area (Å²) in [4.78, 5) is 23.8. The summed E-state index contributed by atoms with van der Waals surface area (Å²) >= 11 is 0. The molecule has 5 rings (SSSR count). The van der Waals surface area contributed by atoms with E-state index >= 15 is 0 Å². The lowest BCUT2D eigenvalue weighted by molar-refractivity contribution is 0.0599. The highest BCUT2D eigenvalue weighted by molar-refractivity contribution is 7.93. The largest absolute Gasteiger partial charge is 0.478 e. The van der Waals surface area contributed by atoms with Gasteiger partial charge in [0.15, 0.2) is 0 Å². The fraction of sp³-hybridized carbons (Fsp3) is 0.440. The molecule has 7 nitrogen and oxygen atoms in total. The standard InChI is InChI=1S/C25H27NO6S/c1-32-24(29)18-6-5-7-19(14-18)33(30,31)26-21-11-10-17(23(27)28)15-20(21)25(12-3-2-4-13-25)22(26)16-8-9-16/h5-7,10-11,14-16,22H,2-4,8-9,12-13H2,1H3,(H,27,28). The van der Waals surface area contributed by atoms with E-state index < -0.39 is 22.0 Å². The van der Waals surface area contributed by atoms with Gasteiger partial charge in [-0.3, -0.25) is 4.31 Å². The number of anilines is 1. The first-order valence-electron chi connectivity index (χ1n) is 11.4. The number of methoxy groups -OCH3 is 1. The number of esters is 1. The molecule has 2 aliphatic carbocycles. The van der Waals surface area contributed by atoms with Gasteiger partial charge < -0.3 is 9.84 Å². The van der Waals surface area contributed by atoms with Gasteiger partial charge in [0.1, 0.15) is 0 Å². The molecule has 2 aromatic carbocycles. The summed E-state index contributed by atoms with van der Waals surface area (Å²) in [6.07, 6.45) is 6.69. The fourth-order valence-corrected chi connectivity index (χ4v) is 7.73. The number of hydrogen-bond acceptors (Lipinski definition) is 5. The number of rotatable bonds is 5. The molecule has 1 spiro atoms. The lowest BCUT2D eigenvalue weighted by atomic mass is 9.65. The Hall–Kier alpha value is -2.87. The molecule has 2 saturated carbocycles. The minimum Gasteiger partial charge on any atom is -0.478 e. The van der Waals surface area contributed by atoms with E-state index in [1.54, 1.807) is 22.5 Å². The summed E-state index contributed by atoms with van der Waals surface area (Å²) in [7, 11) is -2.74. The molecule has 2 aromatic rings. The van der Waals surface area contributed by atoms with E-state index in [0.717, 1.165) is 50.5 Å². The van der Waals surface area contributed by atoms with Crippen LogP contribution in [-0.2, 0) is 20.2 Å².